The van der Waals surface area contributed by atoms with Gasteiger partial charge in [0.05, 0.1) is 0 Å². The Balaban J connectivity index is 2.05. The number of hydrogen-bond acceptors (Lipinski definition) is 3. The number of benzene rings is 1. The summed E-state index contributed by atoms with van der Waals surface area (Å²) in [7, 11) is 0. The Hall–Kier alpha value is -1.76. The SMILES string of the molecule is CC1(C(=O)O)CCCN1Cc1ccc(OC(F)(F)F)cc1. The van der Waals surface area contributed by atoms with Crippen molar-refractivity contribution in [1.29, 1.82) is 0 Å². The van der Waals surface area contributed by atoms with Gasteiger partial charge >= 0.3 is 12.3 Å². The van der Waals surface area contributed by atoms with Crippen LogP contribution in [0.3, 0.4) is 0 Å². The maximum absolute atomic E-state index is 12.1. The van der Waals surface area contributed by atoms with E-state index in [0.717, 1.165) is 12.0 Å². The molecule has 1 aliphatic heterocycles. The minimum absolute atomic E-state index is 0.284. The van der Waals surface area contributed by atoms with Crippen molar-refractivity contribution in [3.8, 4) is 5.75 Å². The molecule has 0 spiro atoms. The maximum atomic E-state index is 12.1. The molecule has 4 nitrogen and oxygen atoms in total. The highest BCUT2D eigenvalue weighted by Crippen LogP contribution is 2.31. The number of ether oxygens (including phenoxy) is 1. The van der Waals surface area contributed by atoms with Gasteiger partial charge in [-0.1, -0.05) is 12.1 Å². The number of carboxylic acids is 1. The molecule has 0 aromatic heterocycles. The van der Waals surface area contributed by atoms with E-state index in [1.807, 2.05) is 4.90 Å². The molecule has 1 unspecified atom stereocenters. The number of aliphatic carboxylic acids is 1. The van der Waals surface area contributed by atoms with Crippen molar-refractivity contribution in [1.82, 2.24) is 4.90 Å². The van der Waals surface area contributed by atoms with E-state index in [1.54, 1.807) is 6.92 Å². The van der Waals surface area contributed by atoms with Crippen LogP contribution in [0.1, 0.15) is 25.3 Å². The Kier molecular flexibility index (Phi) is 4.13. The van der Waals surface area contributed by atoms with Gasteiger partial charge in [-0.05, 0) is 44.0 Å². The summed E-state index contributed by atoms with van der Waals surface area (Å²) in [6.07, 6.45) is -3.35. The van der Waals surface area contributed by atoms with Gasteiger partial charge in [-0.25, -0.2) is 0 Å². The average Bonchev–Trinajstić information content (AvgIpc) is 2.73. The summed E-state index contributed by atoms with van der Waals surface area (Å²) in [5.74, 6) is -1.16. The highest BCUT2D eigenvalue weighted by atomic mass is 19.4. The van der Waals surface area contributed by atoms with Crippen LogP contribution in [0.25, 0.3) is 0 Å². The fourth-order valence-electron chi connectivity index (χ4n) is 2.53. The first-order valence-corrected chi connectivity index (χ1v) is 6.54. The van der Waals surface area contributed by atoms with Crippen molar-refractivity contribution in [3.05, 3.63) is 29.8 Å². The van der Waals surface area contributed by atoms with Gasteiger partial charge in [-0.2, -0.15) is 0 Å². The van der Waals surface area contributed by atoms with E-state index < -0.39 is 17.9 Å². The van der Waals surface area contributed by atoms with Gasteiger partial charge in [-0.15, -0.1) is 13.2 Å². The number of nitrogens with zero attached hydrogens (tertiary/aromatic N) is 1. The molecule has 1 aliphatic rings. The smallest absolute Gasteiger partial charge is 0.480 e. The van der Waals surface area contributed by atoms with Crippen molar-refractivity contribution in [3.63, 3.8) is 0 Å². The monoisotopic (exact) mass is 303 g/mol. The van der Waals surface area contributed by atoms with E-state index in [4.69, 9.17) is 0 Å². The second-order valence-corrected chi connectivity index (χ2v) is 5.30. The molecule has 2 rings (SSSR count). The summed E-state index contributed by atoms with van der Waals surface area (Å²) in [5, 5.41) is 9.31. The van der Waals surface area contributed by atoms with Crippen LogP contribution in [0.2, 0.25) is 0 Å². The standard InChI is InChI=1S/C14H16F3NO3/c1-13(12(19)20)7-2-8-18(13)9-10-3-5-11(6-4-10)21-14(15,16)17/h3-6H,2,7-9H2,1H3,(H,19,20). The summed E-state index contributed by atoms with van der Waals surface area (Å²) < 4.78 is 40.0. The average molecular weight is 303 g/mol. The van der Waals surface area contributed by atoms with Gasteiger partial charge < -0.3 is 9.84 Å². The van der Waals surface area contributed by atoms with Crippen LogP contribution in [0.5, 0.6) is 5.75 Å². The van der Waals surface area contributed by atoms with E-state index in [1.165, 1.54) is 24.3 Å². The zero-order chi connectivity index (χ0) is 15.7. The lowest BCUT2D eigenvalue weighted by Crippen LogP contribution is -2.47. The van der Waals surface area contributed by atoms with Crippen LogP contribution in [-0.4, -0.2) is 34.4 Å². The molecule has 1 fully saturated rings. The zero-order valence-electron chi connectivity index (χ0n) is 11.5. The van der Waals surface area contributed by atoms with Crippen LogP contribution >= 0.6 is 0 Å². The first-order valence-electron chi connectivity index (χ1n) is 6.54. The number of halogens is 3. The molecular formula is C14H16F3NO3. The number of rotatable bonds is 4. The van der Waals surface area contributed by atoms with Gasteiger partial charge in [0, 0.05) is 6.54 Å². The van der Waals surface area contributed by atoms with Crippen molar-refractivity contribution in [2.45, 2.75) is 38.2 Å². The minimum Gasteiger partial charge on any atom is -0.480 e. The number of carbonyl (C=O) groups is 1. The topological polar surface area (TPSA) is 49.8 Å². The zero-order valence-corrected chi connectivity index (χ0v) is 11.5. The molecule has 1 saturated heterocycles. The summed E-state index contributed by atoms with van der Waals surface area (Å²) in [5.41, 5.74) is -0.167. The Bertz CT molecular complexity index is 515. The van der Waals surface area contributed by atoms with Crippen molar-refractivity contribution >= 4 is 5.97 Å². The number of carboxylic acid groups (broad SMARTS) is 1. The number of alkyl halides is 3. The second kappa shape index (κ2) is 5.55. The Morgan fingerprint density at radius 2 is 2.00 bits per heavy atom. The van der Waals surface area contributed by atoms with Crippen LogP contribution in [-0.2, 0) is 11.3 Å². The summed E-state index contributed by atoms with van der Waals surface area (Å²) in [6.45, 7) is 2.71. The Morgan fingerprint density at radius 3 is 2.52 bits per heavy atom. The van der Waals surface area contributed by atoms with Crippen LogP contribution in [0.15, 0.2) is 24.3 Å². The molecule has 1 N–H and O–H groups in total. The molecule has 0 saturated carbocycles. The number of hydrogen-bond donors (Lipinski definition) is 1. The van der Waals surface area contributed by atoms with Gasteiger partial charge in [0.15, 0.2) is 0 Å². The predicted molar refractivity (Wildman–Crippen MR) is 68.8 cm³/mol. The van der Waals surface area contributed by atoms with E-state index in [9.17, 15) is 23.1 Å². The molecule has 1 aromatic carbocycles. The van der Waals surface area contributed by atoms with Crippen molar-refractivity contribution < 1.29 is 27.8 Å². The molecule has 0 bridgehead atoms. The normalized spacial score (nSPS) is 23.2. The van der Waals surface area contributed by atoms with Crippen LogP contribution < -0.4 is 4.74 Å². The predicted octanol–water partition coefficient (Wildman–Crippen LogP) is 3.02. The summed E-state index contributed by atoms with van der Waals surface area (Å²) in [6, 6.07) is 5.50. The first-order chi connectivity index (χ1) is 9.71. The third-order valence-electron chi connectivity index (χ3n) is 3.78. The highest BCUT2D eigenvalue weighted by Gasteiger charge is 2.43. The fraction of sp³-hybridized carbons (Fsp3) is 0.500. The molecule has 0 radical (unpaired) electrons. The molecule has 7 heteroatoms. The number of likely N-dealkylation sites (tertiary alicyclic amines) is 1. The van der Waals surface area contributed by atoms with E-state index in [2.05, 4.69) is 4.74 Å². The van der Waals surface area contributed by atoms with E-state index in [0.29, 0.717) is 19.5 Å². The quantitative estimate of drug-likeness (QED) is 0.929. The lowest BCUT2D eigenvalue weighted by molar-refractivity contribution is -0.274. The lowest BCUT2D eigenvalue weighted by Gasteiger charge is -2.31. The third-order valence-corrected chi connectivity index (χ3v) is 3.78. The molecule has 116 valence electrons. The van der Waals surface area contributed by atoms with Gasteiger partial charge in [-0.3, -0.25) is 9.69 Å². The fourth-order valence-corrected chi connectivity index (χ4v) is 2.53. The first kappa shape index (κ1) is 15.6. The van der Waals surface area contributed by atoms with Crippen molar-refractivity contribution in [2.24, 2.45) is 0 Å². The van der Waals surface area contributed by atoms with Crippen LogP contribution in [0, 0.1) is 0 Å². The van der Waals surface area contributed by atoms with Gasteiger partial charge in [0.1, 0.15) is 11.3 Å². The molecule has 0 aliphatic carbocycles. The molecule has 1 aromatic rings. The van der Waals surface area contributed by atoms with E-state index >= 15 is 0 Å². The second-order valence-electron chi connectivity index (χ2n) is 5.30. The Morgan fingerprint density at radius 1 is 1.38 bits per heavy atom. The van der Waals surface area contributed by atoms with Gasteiger partial charge in [0.2, 0.25) is 0 Å². The maximum Gasteiger partial charge on any atom is 0.573 e. The van der Waals surface area contributed by atoms with E-state index in [-0.39, 0.29) is 5.75 Å². The molecular weight excluding hydrogens is 287 g/mol. The minimum atomic E-state index is -4.71. The Labute approximate surface area is 120 Å². The highest BCUT2D eigenvalue weighted by molar-refractivity contribution is 5.78. The molecule has 21 heavy (non-hydrogen) atoms. The summed E-state index contributed by atoms with van der Waals surface area (Å²) in [4.78, 5) is 13.2. The summed E-state index contributed by atoms with van der Waals surface area (Å²) >= 11 is 0. The van der Waals surface area contributed by atoms with Gasteiger partial charge in [0.25, 0.3) is 0 Å². The molecule has 1 heterocycles. The largest absolute Gasteiger partial charge is 0.573 e. The molecule has 0 amide bonds. The lowest BCUT2D eigenvalue weighted by atomic mass is 9.99. The third kappa shape index (κ3) is 3.66. The molecule has 1 atom stereocenters. The van der Waals surface area contributed by atoms with Crippen LogP contribution in [0.4, 0.5) is 13.2 Å². The van der Waals surface area contributed by atoms with Crippen molar-refractivity contribution in [2.75, 3.05) is 6.54 Å².